The predicted octanol–water partition coefficient (Wildman–Crippen LogP) is 2.55. The Morgan fingerprint density at radius 1 is 1.07 bits per heavy atom. The zero-order valence-corrected chi connectivity index (χ0v) is 17.2. The fraction of sp³-hybridized carbons (Fsp3) is 0.250. The number of anilines is 1. The molecule has 1 unspecified atom stereocenters. The Kier molecular flexibility index (Phi) is 5.97. The fourth-order valence-electron chi connectivity index (χ4n) is 3.00. The molecule has 0 bridgehead atoms. The maximum atomic E-state index is 12.9. The quantitative estimate of drug-likeness (QED) is 0.589. The molecule has 1 atom stereocenters. The average molecular weight is 414 g/mol. The van der Waals surface area contributed by atoms with Gasteiger partial charge in [-0.05, 0) is 19.1 Å². The number of hydrogen-bond acceptors (Lipinski definition) is 6. The van der Waals surface area contributed by atoms with Crippen LogP contribution in [0.2, 0.25) is 0 Å². The Labute approximate surface area is 169 Å². The Balaban J connectivity index is 1.76. The fourth-order valence-corrected chi connectivity index (χ4v) is 4.17. The molecular formula is C20H22N4O4S. The van der Waals surface area contributed by atoms with Crippen LogP contribution in [0.1, 0.15) is 12.8 Å². The molecular weight excluding hydrogens is 392 g/mol. The Hall–Kier alpha value is -3.20. The van der Waals surface area contributed by atoms with E-state index in [0.717, 1.165) is 16.1 Å². The summed E-state index contributed by atoms with van der Waals surface area (Å²) in [6, 6.07) is 16.9. The number of carbonyl (C=O) groups is 1. The van der Waals surface area contributed by atoms with Crippen molar-refractivity contribution in [3.8, 4) is 11.4 Å². The molecule has 2 aromatic carbocycles. The minimum atomic E-state index is -3.67. The number of nitrogens with zero attached hydrogens (tertiary/aromatic N) is 4. The number of likely N-dealkylation sites (N-methyl/N-ethyl adjacent to an activating group) is 1. The van der Waals surface area contributed by atoms with Gasteiger partial charge in [-0.1, -0.05) is 53.7 Å². The summed E-state index contributed by atoms with van der Waals surface area (Å²) in [5.74, 6) is 0.299. The van der Waals surface area contributed by atoms with Gasteiger partial charge in [0.2, 0.25) is 27.6 Å². The average Bonchev–Trinajstić information content (AvgIpc) is 3.16. The summed E-state index contributed by atoms with van der Waals surface area (Å²) in [7, 11) is -2.10. The van der Waals surface area contributed by atoms with Crippen LogP contribution in [0.25, 0.3) is 11.4 Å². The van der Waals surface area contributed by atoms with Gasteiger partial charge in [-0.3, -0.25) is 9.10 Å². The zero-order chi connectivity index (χ0) is 21.0. The topological polar surface area (TPSA) is 96.6 Å². The first-order valence-corrected chi connectivity index (χ1v) is 10.8. The summed E-state index contributed by atoms with van der Waals surface area (Å²) in [6.45, 7) is 1.62. The van der Waals surface area contributed by atoms with Crippen LogP contribution < -0.4 is 4.31 Å². The Bertz CT molecular complexity index is 1070. The monoisotopic (exact) mass is 414 g/mol. The minimum Gasteiger partial charge on any atom is -0.337 e. The van der Waals surface area contributed by atoms with Gasteiger partial charge in [-0.2, -0.15) is 4.98 Å². The van der Waals surface area contributed by atoms with Crippen molar-refractivity contribution in [2.24, 2.45) is 0 Å². The molecule has 1 aromatic heterocycles. The lowest BCUT2D eigenvalue weighted by molar-refractivity contribution is -0.131. The molecule has 1 amide bonds. The number of sulfonamides is 1. The maximum Gasteiger partial charge on any atom is 0.246 e. The van der Waals surface area contributed by atoms with Gasteiger partial charge in [0.15, 0.2) is 0 Å². The van der Waals surface area contributed by atoms with E-state index in [9.17, 15) is 13.2 Å². The molecule has 8 nitrogen and oxygen atoms in total. The highest BCUT2D eigenvalue weighted by Gasteiger charge is 2.31. The minimum absolute atomic E-state index is 0.0649. The van der Waals surface area contributed by atoms with Crippen LogP contribution in [0.3, 0.4) is 0 Å². The second-order valence-electron chi connectivity index (χ2n) is 6.64. The molecule has 0 aliphatic heterocycles. The molecule has 0 aliphatic rings. The molecule has 0 fully saturated rings. The molecule has 3 aromatic rings. The normalized spacial score (nSPS) is 12.4. The number of carbonyl (C=O) groups excluding carboxylic acids is 1. The third-order valence-corrected chi connectivity index (χ3v) is 5.57. The van der Waals surface area contributed by atoms with E-state index in [1.165, 1.54) is 4.90 Å². The lowest BCUT2D eigenvalue weighted by atomic mass is 10.2. The number of hydrogen-bond donors (Lipinski definition) is 0. The molecule has 152 valence electrons. The highest BCUT2D eigenvalue weighted by Crippen LogP contribution is 2.22. The van der Waals surface area contributed by atoms with Crippen molar-refractivity contribution in [3.05, 3.63) is 66.6 Å². The molecule has 0 saturated carbocycles. The van der Waals surface area contributed by atoms with Crippen LogP contribution in [0.4, 0.5) is 5.69 Å². The molecule has 0 spiro atoms. The Morgan fingerprint density at radius 3 is 2.24 bits per heavy atom. The van der Waals surface area contributed by atoms with Crippen LogP contribution in [-0.2, 0) is 21.4 Å². The predicted molar refractivity (Wildman–Crippen MR) is 109 cm³/mol. The van der Waals surface area contributed by atoms with Gasteiger partial charge in [0.25, 0.3) is 0 Å². The van der Waals surface area contributed by atoms with Crippen molar-refractivity contribution in [2.45, 2.75) is 19.5 Å². The summed E-state index contributed by atoms with van der Waals surface area (Å²) in [4.78, 5) is 18.6. The van der Waals surface area contributed by atoms with Crippen LogP contribution in [0, 0.1) is 0 Å². The van der Waals surface area contributed by atoms with Gasteiger partial charge in [-0.15, -0.1) is 0 Å². The molecule has 0 N–H and O–H groups in total. The lowest BCUT2D eigenvalue weighted by Gasteiger charge is -2.30. The standard InChI is InChI=1S/C20H22N4O4S/c1-15(24(29(3,26)27)17-12-8-5-9-13-17)20(25)23(2)14-18-21-19(22-28-18)16-10-6-4-7-11-16/h4-13,15H,14H2,1-3H3. The van der Waals surface area contributed by atoms with E-state index in [4.69, 9.17) is 4.52 Å². The number of benzene rings is 2. The first-order chi connectivity index (χ1) is 13.8. The van der Waals surface area contributed by atoms with Crippen molar-refractivity contribution in [1.29, 1.82) is 0 Å². The lowest BCUT2D eigenvalue weighted by Crippen LogP contribution is -2.48. The van der Waals surface area contributed by atoms with E-state index in [0.29, 0.717) is 11.5 Å². The highest BCUT2D eigenvalue weighted by molar-refractivity contribution is 7.92. The summed E-state index contributed by atoms with van der Waals surface area (Å²) in [5, 5.41) is 3.94. The van der Waals surface area contributed by atoms with Gasteiger partial charge < -0.3 is 9.42 Å². The third-order valence-electron chi connectivity index (χ3n) is 4.33. The number of para-hydroxylation sites is 1. The van der Waals surface area contributed by atoms with E-state index < -0.39 is 22.0 Å². The molecule has 9 heteroatoms. The first kappa shape index (κ1) is 20.5. The summed E-state index contributed by atoms with van der Waals surface area (Å²) in [6.07, 6.45) is 1.08. The highest BCUT2D eigenvalue weighted by atomic mass is 32.2. The van der Waals surface area contributed by atoms with Gasteiger partial charge >= 0.3 is 0 Å². The third kappa shape index (κ3) is 4.80. The number of amides is 1. The van der Waals surface area contributed by atoms with E-state index in [2.05, 4.69) is 10.1 Å². The van der Waals surface area contributed by atoms with Crippen LogP contribution >= 0.6 is 0 Å². The summed E-state index contributed by atoms with van der Waals surface area (Å²) in [5.41, 5.74) is 1.23. The van der Waals surface area contributed by atoms with Crippen LogP contribution in [0.5, 0.6) is 0 Å². The largest absolute Gasteiger partial charge is 0.337 e. The molecule has 3 rings (SSSR count). The van der Waals surface area contributed by atoms with Gasteiger partial charge in [0.05, 0.1) is 18.5 Å². The van der Waals surface area contributed by atoms with Crippen molar-refractivity contribution < 1.29 is 17.7 Å². The molecule has 0 radical (unpaired) electrons. The first-order valence-electron chi connectivity index (χ1n) is 8.95. The van der Waals surface area contributed by atoms with Gasteiger partial charge in [0, 0.05) is 12.6 Å². The Morgan fingerprint density at radius 2 is 1.66 bits per heavy atom. The smallest absolute Gasteiger partial charge is 0.246 e. The molecule has 1 heterocycles. The van der Waals surface area contributed by atoms with E-state index in [1.807, 2.05) is 30.3 Å². The second kappa shape index (κ2) is 8.44. The van der Waals surface area contributed by atoms with Crippen LogP contribution in [-0.4, -0.2) is 48.7 Å². The maximum absolute atomic E-state index is 12.9. The molecule has 29 heavy (non-hydrogen) atoms. The molecule has 0 saturated heterocycles. The van der Waals surface area contributed by atoms with Crippen LogP contribution in [0.15, 0.2) is 65.2 Å². The van der Waals surface area contributed by atoms with Gasteiger partial charge in [0.1, 0.15) is 6.04 Å². The summed E-state index contributed by atoms with van der Waals surface area (Å²) >= 11 is 0. The second-order valence-corrected chi connectivity index (χ2v) is 8.50. The zero-order valence-electron chi connectivity index (χ0n) is 16.4. The van der Waals surface area contributed by atoms with E-state index in [1.54, 1.807) is 44.3 Å². The number of rotatable bonds is 7. The van der Waals surface area contributed by atoms with Gasteiger partial charge in [-0.25, -0.2) is 8.42 Å². The SMILES string of the molecule is CC(C(=O)N(C)Cc1nc(-c2ccccc2)no1)N(c1ccccc1)S(C)(=O)=O. The van der Waals surface area contributed by atoms with E-state index >= 15 is 0 Å². The van der Waals surface area contributed by atoms with Crippen molar-refractivity contribution in [1.82, 2.24) is 15.0 Å². The summed E-state index contributed by atoms with van der Waals surface area (Å²) < 4.78 is 31.0. The number of aromatic nitrogens is 2. The molecule has 0 aliphatic carbocycles. The van der Waals surface area contributed by atoms with Crippen molar-refractivity contribution >= 4 is 21.6 Å². The van der Waals surface area contributed by atoms with E-state index in [-0.39, 0.29) is 12.4 Å². The van der Waals surface area contributed by atoms with Crippen molar-refractivity contribution in [2.75, 3.05) is 17.6 Å². The van der Waals surface area contributed by atoms with Crippen molar-refractivity contribution in [3.63, 3.8) is 0 Å².